The molecule has 2 N–H and O–H groups in total. The molecule has 0 aromatic heterocycles. The van der Waals surface area contributed by atoms with Gasteiger partial charge in [0.25, 0.3) is 5.91 Å². The van der Waals surface area contributed by atoms with E-state index >= 15 is 0 Å². The third-order valence-electron chi connectivity index (χ3n) is 3.29. The van der Waals surface area contributed by atoms with Gasteiger partial charge in [0, 0.05) is 5.56 Å². The largest absolute Gasteiger partial charge is 0.467 e. The number of nitrogens with zero attached hydrogens (tertiary/aromatic N) is 2. The number of hydrogen-bond donors (Lipinski definition) is 2. The smallest absolute Gasteiger partial charge is 0.354 e. The van der Waals surface area contributed by atoms with E-state index in [1.165, 1.54) is 13.2 Å². The van der Waals surface area contributed by atoms with Gasteiger partial charge in [0.1, 0.15) is 5.70 Å². The Morgan fingerprint density at radius 3 is 2.65 bits per heavy atom. The molecule has 1 aromatic rings. The number of methoxy groups -OCH3 is 1. The Morgan fingerprint density at radius 2 is 2.00 bits per heavy atom. The summed E-state index contributed by atoms with van der Waals surface area (Å²) in [5.74, 6) is -1.06. The van der Waals surface area contributed by atoms with E-state index in [0.29, 0.717) is 17.0 Å². The van der Waals surface area contributed by atoms with Gasteiger partial charge in [-0.25, -0.2) is 10.2 Å². The van der Waals surface area contributed by atoms with E-state index in [2.05, 4.69) is 20.8 Å². The van der Waals surface area contributed by atoms with Gasteiger partial charge in [0.05, 0.1) is 25.1 Å². The fourth-order valence-corrected chi connectivity index (χ4v) is 1.97. The number of carbonyl (C=O) groups is 2. The van der Waals surface area contributed by atoms with Gasteiger partial charge in [0.15, 0.2) is 0 Å². The number of amides is 1. The summed E-state index contributed by atoms with van der Waals surface area (Å²) in [5.41, 5.74) is 4.13. The number of aliphatic imine (C=N–C) groups is 1. The van der Waals surface area contributed by atoms with Crippen molar-refractivity contribution in [2.45, 2.75) is 13.8 Å². The highest BCUT2D eigenvalue weighted by molar-refractivity contribution is 6.03. The lowest BCUT2D eigenvalue weighted by molar-refractivity contribution is -0.138. The van der Waals surface area contributed by atoms with Gasteiger partial charge in [-0.2, -0.15) is 10.1 Å². The van der Waals surface area contributed by atoms with E-state index < -0.39 is 11.9 Å². The van der Waals surface area contributed by atoms with Crippen LogP contribution < -0.4 is 10.7 Å². The first kappa shape index (κ1) is 18.9. The summed E-state index contributed by atoms with van der Waals surface area (Å²) < 4.78 is 9.99. The minimum absolute atomic E-state index is 0.00583. The minimum Gasteiger partial charge on any atom is -0.467 e. The minimum atomic E-state index is -0.645. The van der Waals surface area contributed by atoms with E-state index in [9.17, 15) is 9.59 Å². The molecule has 8 nitrogen and oxygen atoms in total. The second-order valence-corrected chi connectivity index (χ2v) is 5.10. The van der Waals surface area contributed by atoms with Crippen LogP contribution in [-0.2, 0) is 14.3 Å². The maximum atomic E-state index is 12.3. The van der Waals surface area contributed by atoms with Crippen molar-refractivity contribution in [1.82, 2.24) is 10.7 Å². The van der Waals surface area contributed by atoms with Crippen molar-refractivity contribution < 1.29 is 19.1 Å². The van der Waals surface area contributed by atoms with Gasteiger partial charge < -0.3 is 14.8 Å². The van der Waals surface area contributed by atoms with Crippen LogP contribution in [0.2, 0.25) is 0 Å². The summed E-state index contributed by atoms with van der Waals surface area (Å²) in [4.78, 5) is 28.7. The fraction of sp³-hybridized carbons (Fsp3) is 0.222. The molecule has 0 saturated carbocycles. The zero-order valence-corrected chi connectivity index (χ0v) is 14.8. The van der Waals surface area contributed by atoms with Crippen molar-refractivity contribution >= 4 is 23.6 Å². The molecule has 136 valence electrons. The highest BCUT2D eigenvalue weighted by Crippen LogP contribution is 2.08. The molecule has 1 aliphatic rings. The van der Waals surface area contributed by atoms with Crippen LogP contribution in [0.3, 0.4) is 0 Å². The monoisotopic (exact) mass is 356 g/mol. The quantitative estimate of drug-likeness (QED) is 0.618. The van der Waals surface area contributed by atoms with Crippen molar-refractivity contribution in [2.24, 2.45) is 10.1 Å². The molecule has 8 heteroatoms. The molecule has 0 radical (unpaired) electrons. The molecular formula is C18H20N4O4. The molecule has 1 heterocycles. The maximum Gasteiger partial charge on any atom is 0.354 e. The molecule has 1 aliphatic heterocycles. The van der Waals surface area contributed by atoms with Crippen LogP contribution in [0.25, 0.3) is 0 Å². The number of benzene rings is 1. The first-order valence-electron chi connectivity index (χ1n) is 7.94. The number of hydrazone groups is 1. The summed E-state index contributed by atoms with van der Waals surface area (Å²) in [7, 11) is 1.46. The molecular weight excluding hydrogens is 336 g/mol. The number of ether oxygens (including phenoxy) is 2. The lowest BCUT2D eigenvalue weighted by Crippen LogP contribution is -2.28. The van der Waals surface area contributed by atoms with Crippen LogP contribution in [-0.4, -0.2) is 37.3 Å². The highest BCUT2D eigenvalue weighted by Gasteiger charge is 2.16. The van der Waals surface area contributed by atoms with Gasteiger partial charge in [0.2, 0.25) is 0 Å². The number of amidine groups is 1. The van der Waals surface area contributed by atoms with E-state index in [1.54, 1.807) is 50.3 Å². The fourth-order valence-electron chi connectivity index (χ4n) is 1.97. The van der Waals surface area contributed by atoms with Crippen molar-refractivity contribution in [2.75, 3.05) is 13.7 Å². The number of rotatable bonds is 5. The van der Waals surface area contributed by atoms with Gasteiger partial charge in [-0.1, -0.05) is 18.2 Å². The first-order valence-corrected chi connectivity index (χ1v) is 7.94. The van der Waals surface area contributed by atoms with Crippen LogP contribution >= 0.6 is 0 Å². The predicted octanol–water partition coefficient (Wildman–Crippen LogP) is 1.73. The molecule has 0 aliphatic carbocycles. The zero-order valence-electron chi connectivity index (χ0n) is 14.8. The topological polar surface area (TPSA) is 101 Å². The zero-order chi connectivity index (χ0) is 18.9. The van der Waals surface area contributed by atoms with Crippen LogP contribution in [0, 0.1) is 0 Å². The molecule has 0 saturated heterocycles. The van der Waals surface area contributed by atoms with E-state index in [-0.39, 0.29) is 18.3 Å². The third kappa shape index (κ3) is 5.04. The molecule has 0 atom stereocenters. The van der Waals surface area contributed by atoms with E-state index in [1.807, 2.05) is 0 Å². The molecule has 2 rings (SSSR count). The Balaban J connectivity index is 2.28. The number of esters is 1. The van der Waals surface area contributed by atoms with Crippen LogP contribution in [0.5, 0.6) is 0 Å². The summed E-state index contributed by atoms with van der Waals surface area (Å²) >= 11 is 0. The summed E-state index contributed by atoms with van der Waals surface area (Å²) in [5, 5.41) is 6.61. The van der Waals surface area contributed by atoms with Crippen molar-refractivity contribution in [3.63, 3.8) is 0 Å². The van der Waals surface area contributed by atoms with Crippen molar-refractivity contribution in [3.05, 3.63) is 59.4 Å². The Labute approximate surface area is 151 Å². The van der Waals surface area contributed by atoms with Crippen LogP contribution in [0.1, 0.15) is 24.2 Å². The summed E-state index contributed by atoms with van der Waals surface area (Å²) in [6, 6.07) is 8.79. The van der Waals surface area contributed by atoms with Crippen molar-refractivity contribution in [3.8, 4) is 0 Å². The average Bonchev–Trinajstić information content (AvgIpc) is 2.66. The maximum absolute atomic E-state index is 12.3. The molecule has 0 spiro atoms. The van der Waals surface area contributed by atoms with Crippen LogP contribution in [0.4, 0.5) is 0 Å². The second-order valence-electron chi connectivity index (χ2n) is 5.10. The molecule has 0 unspecified atom stereocenters. The Hall–Kier alpha value is -3.42. The molecule has 1 amide bonds. The molecule has 0 bridgehead atoms. The van der Waals surface area contributed by atoms with Crippen molar-refractivity contribution in [1.29, 1.82) is 0 Å². The third-order valence-corrected chi connectivity index (χ3v) is 3.29. The first-order chi connectivity index (χ1) is 12.5. The average molecular weight is 356 g/mol. The number of nitrogens with one attached hydrogen (secondary N) is 2. The lowest BCUT2D eigenvalue weighted by atomic mass is 10.2. The van der Waals surface area contributed by atoms with Crippen LogP contribution in [0.15, 0.2) is 64.0 Å². The standard InChI is InChI=1S/C18H20N4O4/c1-4-26-17(24)15(19-16(23)13-8-6-5-7-9-13)11-10-14-12(2)21-22-18(20-14)25-3/h5-11H,4H2,1-3H3,(H,19,23)(H,20,22)/b14-10-,15-11-. The van der Waals surface area contributed by atoms with E-state index in [0.717, 1.165) is 0 Å². The SMILES string of the molecule is CCOC(=O)/C(=C/C=C1\N=C(OC)NN=C1C)NC(=O)c1ccccc1. The number of allylic oxidation sites excluding steroid dienone is 3. The number of hydrogen-bond acceptors (Lipinski definition) is 7. The second kappa shape index (κ2) is 9.16. The van der Waals surface area contributed by atoms with Gasteiger partial charge in [-0.05, 0) is 38.1 Å². The summed E-state index contributed by atoms with van der Waals surface area (Å²) in [6.07, 6.45) is 2.98. The van der Waals surface area contributed by atoms with Gasteiger partial charge in [-0.15, -0.1) is 0 Å². The number of carbonyl (C=O) groups excluding carboxylic acids is 2. The predicted molar refractivity (Wildman–Crippen MR) is 97.4 cm³/mol. The Kier molecular flexibility index (Phi) is 6.67. The Bertz CT molecular complexity index is 795. The Morgan fingerprint density at radius 1 is 1.27 bits per heavy atom. The summed E-state index contributed by atoms with van der Waals surface area (Å²) in [6.45, 7) is 3.62. The normalized spacial score (nSPS) is 15.5. The molecule has 26 heavy (non-hydrogen) atoms. The highest BCUT2D eigenvalue weighted by atomic mass is 16.5. The van der Waals surface area contributed by atoms with E-state index in [4.69, 9.17) is 9.47 Å². The van der Waals surface area contributed by atoms with Gasteiger partial charge >= 0.3 is 12.0 Å². The molecule has 1 aromatic carbocycles. The molecule has 0 fully saturated rings. The van der Waals surface area contributed by atoms with Gasteiger partial charge in [-0.3, -0.25) is 4.79 Å². The lowest BCUT2D eigenvalue weighted by Gasteiger charge is -2.12.